The fraction of sp³-hybridized carbons (Fsp3) is 0.500. The van der Waals surface area contributed by atoms with E-state index in [2.05, 4.69) is 0 Å². The highest BCUT2D eigenvalue weighted by Gasteiger charge is 2.31. The topological polar surface area (TPSA) is 70.0 Å². The maximum atomic E-state index is 12.5. The van der Waals surface area contributed by atoms with E-state index in [1.807, 2.05) is 0 Å². The molecule has 0 saturated carbocycles. The molecule has 2 N–H and O–H groups in total. The van der Waals surface area contributed by atoms with Crippen LogP contribution in [0.5, 0.6) is 5.75 Å². The van der Waals surface area contributed by atoms with Gasteiger partial charge in [0.2, 0.25) is 0 Å². The Labute approximate surface area is 122 Å². The van der Waals surface area contributed by atoms with Crippen molar-refractivity contribution in [1.29, 1.82) is 0 Å². The number of rotatable bonds is 3. The Morgan fingerprint density at radius 3 is 2.90 bits per heavy atom. The van der Waals surface area contributed by atoms with Crippen LogP contribution < -0.4 is 4.74 Å². The largest absolute Gasteiger partial charge is 0.496 e. The van der Waals surface area contributed by atoms with E-state index in [9.17, 15) is 9.90 Å². The molecule has 5 nitrogen and oxygen atoms in total. The van der Waals surface area contributed by atoms with E-state index in [0.29, 0.717) is 29.3 Å². The molecule has 0 aliphatic carbocycles. The average Bonchev–Trinajstić information content (AvgIpc) is 2.46. The van der Waals surface area contributed by atoms with E-state index in [0.717, 1.165) is 0 Å². The molecule has 1 aliphatic heterocycles. The molecule has 1 aromatic carbocycles. The van der Waals surface area contributed by atoms with Gasteiger partial charge in [0.25, 0.3) is 5.91 Å². The summed E-state index contributed by atoms with van der Waals surface area (Å²) >= 11 is 5.87. The number of β-amino-alcohol motifs (C(OH)–C–C–N with tert-alkyl or cyclic N) is 1. The summed E-state index contributed by atoms with van der Waals surface area (Å²) in [6, 6.07) is 4.84. The molecule has 0 bridgehead atoms. The number of aliphatic hydroxyl groups is 2. The third kappa shape index (κ3) is 3.06. The summed E-state index contributed by atoms with van der Waals surface area (Å²) in [5, 5.41) is 19.5. The van der Waals surface area contributed by atoms with Gasteiger partial charge in [-0.15, -0.1) is 0 Å². The number of carbonyl (C=O) groups is 1. The monoisotopic (exact) mass is 299 g/mol. The molecule has 2 rings (SSSR count). The molecule has 1 amide bonds. The predicted molar refractivity (Wildman–Crippen MR) is 75.1 cm³/mol. The fourth-order valence-electron chi connectivity index (χ4n) is 2.39. The molecule has 0 spiro atoms. The number of halogens is 1. The van der Waals surface area contributed by atoms with E-state index in [1.165, 1.54) is 7.11 Å². The summed E-state index contributed by atoms with van der Waals surface area (Å²) in [7, 11) is 1.48. The van der Waals surface area contributed by atoms with E-state index in [4.69, 9.17) is 21.4 Å². The van der Waals surface area contributed by atoms with Crippen molar-refractivity contribution in [3.05, 3.63) is 28.8 Å². The van der Waals surface area contributed by atoms with Crippen LogP contribution in [0.4, 0.5) is 0 Å². The minimum Gasteiger partial charge on any atom is -0.496 e. The first kappa shape index (κ1) is 15.1. The molecule has 1 heterocycles. The number of hydrogen-bond donors (Lipinski definition) is 2. The Hall–Kier alpha value is -1.30. The number of benzene rings is 1. The normalized spacial score (nSPS) is 22.7. The Balaban J connectivity index is 2.16. The standard InChI is InChI=1S/C14H18ClNO4/c1-20-13-6-10(15)2-3-11(13)14(19)16-5-4-9(8-17)12(18)7-16/h2-3,6,9,12,17-18H,4-5,7-8H2,1H3/t9-,12+/m1/s1. The van der Waals surface area contributed by atoms with Gasteiger partial charge < -0.3 is 19.8 Å². The van der Waals surface area contributed by atoms with E-state index >= 15 is 0 Å². The number of carbonyl (C=O) groups excluding carboxylic acids is 1. The average molecular weight is 300 g/mol. The lowest BCUT2D eigenvalue weighted by Crippen LogP contribution is -2.47. The molecular formula is C14H18ClNO4. The predicted octanol–water partition coefficient (Wildman–Crippen LogP) is 1.16. The number of amides is 1. The van der Waals surface area contributed by atoms with Crippen LogP contribution in [0.3, 0.4) is 0 Å². The summed E-state index contributed by atoms with van der Waals surface area (Å²) in [5.74, 6) is 0.0568. The van der Waals surface area contributed by atoms with Crippen molar-refractivity contribution in [3.63, 3.8) is 0 Å². The first-order chi connectivity index (χ1) is 9.56. The lowest BCUT2D eigenvalue weighted by atomic mass is 9.94. The van der Waals surface area contributed by atoms with Crippen LogP contribution in [0.15, 0.2) is 18.2 Å². The van der Waals surface area contributed by atoms with Gasteiger partial charge in [-0.3, -0.25) is 4.79 Å². The molecule has 1 aromatic rings. The highest BCUT2D eigenvalue weighted by molar-refractivity contribution is 6.30. The van der Waals surface area contributed by atoms with Crippen LogP contribution in [0.25, 0.3) is 0 Å². The lowest BCUT2D eigenvalue weighted by molar-refractivity contribution is 0.000766. The summed E-state index contributed by atoms with van der Waals surface area (Å²) in [5.41, 5.74) is 0.423. The van der Waals surface area contributed by atoms with Crippen molar-refractivity contribution in [2.45, 2.75) is 12.5 Å². The molecule has 1 aliphatic rings. The zero-order chi connectivity index (χ0) is 14.7. The van der Waals surface area contributed by atoms with Gasteiger partial charge in [-0.2, -0.15) is 0 Å². The van der Waals surface area contributed by atoms with Crippen LogP contribution in [0, 0.1) is 5.92 Å². The Bertz CT molecular complexity index is 494. The number of piperidine rings is 1. The quantitative estimate of drug-likeness (QED) is 0.879. The Morgan fingerprint density at radius 1 is 1.55 bits per heavy atom. The second-order valence-electron chi connectivity index (χ2n) is 4.89. The van der Waals surface area contributed by atoms with Gasteiger partial charge in [0.05, 0.1) is 18.8 Å². The van der Waals surface area contributed by atoms with Crippen molar-refractivity contribution in [1.82, 2.24) is 4.90 Å². The zero-order valence-electron chi connectivity index (χ0n) is 11.3. The first-order valence-electron chi connectivity index (χ1n) is 6.48. The smallest absolute Gasteiger partial charge is 0.257 e. The SMILES string of the molecule is COc1cc(Cl)ccc1C(=O)N1CC[C@H](CO)[C@@H](O)C1. The molecule has 20 heavy (non-hydrogen) atoms. The number of aliphatic hydroxyl groups excluding tert-OH is 2. The van der Waals surface area contributed by atoms with Gasteiger partial charge in [-0.05, 0) is 24.6 Å². The molecule has 0 aromatic heterocycles. The number of methoxy groups -OCH3 is 1. The fourth-order valence-corrected chi connectivity index (χ4v) is 2.55. The van der Waals surface area contributed by atoms with E-state index in [1.54, 1.807) is 23.1 Å². The number of hydrogen-bond acceptors (Lipinski definition) is 4. The van der Waals surface area contributed by atoms with Crippen molar-refractivity contribution in [2.75, 3.05) is 26.8 Å². The zero-order valence-corrected chi connectivity index (χ0v) is 12.0. The first-order valence-corrected chi connectivity index (χ1v) is 6.86. The van der Waals surface area contributed by atoms with E-state index in [-0.39, 0.29) is 25.0 Å². The minimum absolute atomic E-state index is 0.0620. The highest BCUT2D eigenvalue weighted by atomic mass is 35.5. The molecule has 2 atom stereocenters. The molecule has 110 valence electrons. The van der Waals surface area contributed by atoms with Gasteiger partial charge >= 0.3 is 0 Å². The number of ether oxygens (including phenoxy) is 1. The molecule has 1 fully saturated rings. The van der Waals surface area contributed by atoms with Crippen LogP contribution in [0.2, 0.25) is 5.02 Å². The van der Waals surface area contributed by atoms with Crippen LogP contribution in [-0.4, -0.2) is 53.9 Å². The Morgan fingerprint density at radius 2 is 2.30 bits per heavy atom. The van der Waals surface area contributed by atoms with Gasteiger partial charge in [-0.1, -0.05) is 11.6 Å². The van der Waals surface area contributed by atoms with Crippen LogP contribution in [0.1, 0.15) is 16.8 Å². The van der Waals surface area contributed by atoms with Crippen molar-refractivity contribution in [3.8, 4) is 5.75 Å². The number of likely N-dealkylation sites (tertiary alicyclic amines) is 1. The van der Waals surface area contributed by atoms with Crippen LogP contribution in [-0.2, 0) is 0 Å². The maximum Gasteiger partial charge on any atom is 0.257 e. The minimum atomic E-state index is -0.698. The molecular weight excluding hydrogens is 282 g/mol. The highest BCUT2D eigenvalue weighted by Crippen LogP contribution is 2.26. The van der Waals surface area contributed by atoms with Gasteiger partial charge in [-0.25, -0.2) is 0 Å². The van der Waals surface area contributed by atoms with E-state index < -0.39 is 6.10 Å². The van der Waals surface area contributed by atoms with Crippen LogP contribution >= 0.6 is 11.6 Å². The second-order valence-corrected chi connectivity index (χ2v) is 5.33. The summed E-state index contributed by atoms with van der Waals surface area (Å²) in [4.78, 5) is 14.0. The molecule has 6 heteroatoms. The van der Waals surface area contributed by atoms with Crippen molar-refractivity contribution >= 4 is 17.5 Å². The van der Waals surface area contributed by atoms with Crippen molar-refractivity contribution in [2.24, 2.45) is 5.92 Å². The molecule has 0 radical (unpaired) electrons. The van der Waals surface area contributed by atoms with Crippen molar-refractivity contribution < 1.29 is 19.7 Å². The third-order valence-corrected chi connectivity index (χ3v) is 3.87. The Kier molecular flexibility index (Phi) is 4.86. The van der Waals surface area contributed by atoms with Gasteiger partial charge in [0.1, 0.15) is 5.75 Å². The third-order valence-electron chi connectivity index (χ3n) is 3.64. The summed E-state index contributed by atoms with van der Waals surface area (Å²) in [6.07, 6.45) is -0.116. The second kappa shape index (κ2) is 6.43. The lowest BCUT2D eigenvalue weighted by Gasteiger charge is -2.35. The summed E-state index contributed by atoms with van der Waals surface area (Å²) in [6.45, 7) is 0.663. The maximum absolute atomic E-state index is 12.5. The van der Waals surface area contributed by atoms with Gasteiger partial charge in [0.15, 0.2) is 0 Å². The number of nitrogens with zero attached hydrogens (tertiary/aromatic N) is 1. The molecule has 0 unspecified atom stereocenters. The van der Waals surface area contributed by atoms with Gasteiger partial charge in [0, 0.05) is 30.6 Å². The summed E-state index contributed by atoms with van der Waals surface area (Å²) < 4.78 is 5.17. The molecule has 1 saturated heterocycles.